The van der Waals surface area contributed by atoms with Crippen molar-refractivity contribution in [3.8, 4) is 0 Å². The number of carbonyl (C=O) groups excluding carboxylic acids is 1. The summed E-state index contributed by atoms with van der Waals surface area (Å²) in [4.78, 5) is 12.6. The van der Waals surface area contributed by atoms with Crippen LogP contribution in [0.4, 0.5) is 0 Å². The zero-order valence-electron chi connectivity index (χ0n) is 35.3. The van der Waals surface area contributed by atoms with E-state index < -0.39 is 0 Å². The van der Waals surface area contributed by atoms with Crippen LogP contribution in [0.3, 0.4) is 0 Å². The Labute approximate surface area is 317 Å². The van der Waals surface area contributed by atoms with Gasteiger partial charge in [-0.3, -0.25) is 4.79 Å². The Morgan fingerprint density at radius 3 is 0.800 bits per heavy atom. The fourth-order valence-electron chi connectivity index (χ4n) is 7.78. The minimum atomic E-state index is 0.0636. The summed E-state index contributed by atoms with van der Waals surface area (Å²) in [6.45, 7) is 7.57. The van der Waals surface area contributed by atoms with Crippen LogP contribution in [-0.2, 0) is 9.53 Å². The topological polar surface area (TPSA) is 26.3 Å². The van der Waals surface area contributed by atoms with Gasteiger partial charge in [0, 0.05) is 6.42 Å². The van der Waals surface area contributed by atoms with E-state index in [1.165, 1.54) is 257 Å². The second kappa shape index (κ2) is 44.6. The average molecular weight is 705 g/mol. The third kappa shape index (κ3) is 41.9. The van der Waals surface area contributed by atoms with Gasteiger partial charge in [-0.05, 0) is 25.2 Å². The van der Waals surface area contributed by atoms with Crippen molar-refractivity contribution >= 4 is 5.97 Å². The molecule has 2 nitrogen and oxygen atoms in total. The van der Waals surface area contributed by atoms with Crippen molar-refractivity contribution in [1.82, 2.24) is 0 Å². The Morgan fingerprint density at radius 1 is 0.320 bits per heavy atom. The SMILES string of the molecule is CCCCCCCCCCCCCCCC[C@@H](CCCCCCCCCCCCCC)COC(=O)CCCCCCCCCCCCCCC. The van der Waals surface area contributed by atoms with E-state index in [1.54, 1.807) is 0 Å². The molecular weight excluding hydrogens is 609 g/mol. The molecule has 50 heavy (non-hydrogen) atoms. The first-order chi connectivity index (χ1) is 24.7. The van der Waals surface area contributed by atoms with Gasteiger partial charge in [-0.2, -0.15) is 0 Å². The summed E-state index contributed by atoms with van der Waals surface area (Å²) < 4.78 is 5.90. The molecule has 0 amide bonds. The number of ether oxygens (including phenoxy) is 1. The van der Waals surface area contributed by atoms with Gasteiger partial charge in [0.15, 0.2) is 0 Å². The van der Waals surface area contributed by atoms with E-state index in [0.717, 1.165) is 6.42 Å². The summed E-state index contributed by atoms with van der Waals surface area (Å²) >= 11 is 0. The highest BCUT2D eigenvalue weighted by molar-refractivity contribution is 5.69. The van der Waals surface area contributed by atoms with Gasteiger partial charge in [0.05, 0.1) is 6.61 Å². The molecule has 0 N–H and O–H groups in total. The summed E-state index contributed by atoms with van der Waals surface area (Å²) in [5.41, 5.74) is 0. The Hall–Kier alpha value is -0.530. The molecule has 0 saturated heterocycles. The molecule has 0 aliphatic rings. The van der Waals surface area contributed by atoms with E-state index in [4.69, 9.17) is 4.74 Å². The number of hydrogen-bond acceptors (Lipinski definition) is 2. The van der Waals surface area contributed by atoms with Gasteiger partial charge in [0.2, 0.25) is 0 Å². The third-order valence-corrected chi connectivity index (χ3v) is 11.4. The molecule has 0 rings (SSSR count). The van der Waals surface area contributed by atoms with Crippen LogP contribution in [0, 0.1) is 5.92 Å². The number of carbonyl (C=O) groups is 1. The maximum Gasteiger partial charge on any atom is 0.305 e. The summed E-state index contributed by atoms with van der Waals surface area (Å²) in [5, 5.41) is 0. The van der Waals surface area contributed by atoms with Crippen LogP contribution in [-0.4, -0.2) is 12.6 Å². The maximum atomic E-state index is 12.6. The predicted molar refractivity (Wildman–Crippen MR) is 225 cm³/mol. The van der Waals surface area contributed by atoms with Crippen LogP contribution in [0.25, 0.3) is 0 Å². The highest BCUT2D eigenvalue weighted by Gasteiger charge is 2.12. The molecule has 0 aromatic carbocycles. The predicted octanol–water partition coefficient (Wildman–Crippen LogP) is 17.6. The zero-order chi connectivity index (χ0) is 36.3. The molecular formula is C48H96O2. The molecule has 0 aliphatic carbocycles. The van der Waals surface area contributed by atoms with E-state index in [0.29, 0.717) is 18.9 Å². The lowest BCUT2D eigenvalue weighted by atomic mass is 9.94. The standard InChI is InChI=1S/C48H96O2/c1-4-7-10-13-16-19-22-25-27-29-32-35-38-41-44-47(43-40-37-34-31-28-24-21-18-15-12-9-6-3)46-50-48(49)45-42-39-36-33-30-26-23-20-17-14-11-8-5-2/h47H,4-46H2,1-3H3/t47-/m1/s1. The maximum absolute atomic E-state index is 12.6. The van der Waals surface area contributed by atoms with Gasteiger partial charge in [-0.25, -0.2) is 0 Å². The lowest BCUT2D eigenvalue weighted by Crippen LogP contribution is -2.14. The molecule has 0 spiro atoms. The minimum Gasteiger partial charge on any atom is -0.465 e. The molecule has 1 atom stereocenters. The van der Waals surface area contributed by atoms with Crippen molar-refractivity contribution in [1.29, 1.82) is 0 Å². The first-order valence-corrected chi connectivity index (χ1v) is 23.9. The second-order valence-corrected chi connectivity index (χ2v) is 16.6. The second-order valence-electron chi connectivity index (χ2n) is 16.6. The van der Waals surface area contributed by atoms with E-state index in [1.807, 2.05) is 0 Å². The third-order valence-electron chi connectivity index (χ3n) is 11.4. The first kappa shape index (κ1) is 49.5. The van der Waals surface area contributed by atoms with Crippen molar-refractivity contribution in [3.05, 3.63) is 0 Å². The molecule has 0 heterocycles. The summed E-state index contributed by atoms with van der Waals surface area (Å²) in [7, 11) is 0. The zero-order valence-corrected chi connectivity index (χ0v) is 35.3. The molecule has 2 heteroatoms. The van der Waals surface area contributed by atoms with Crippen LogP contribution in [0.2, 0.25) is 0 Å². The fraction of sp³-hybridized carbons (Fsp3) is 0.979. The van der Waals surface area contributed by atoms with E-state index in [2.05, 4.69) is 20.8 Å². The number of unbranched alkanes of at least 4 members (excludes halogenated alkanes) is 36. The summed E-state index contributed by atoms with van der Waals surface area (Å²) in [5.74, 6) is 0.639. The summed E-state index contributed by atoms with van der Waals surface area (Å²) in [6, 6.07) is 0. The van der Waals surface area contributed by atoms with Gasteiger partial charge in [0.1, 0.15) is 0 Å². The Kier molecular flexibility index (Phi) is 44.2. The Bertz CT molecular complexity index is 615. The normalized spacial score (nSPS) is 12.1. The van der Waals surface area contributed by atoms with Gasteiger partial charge in [-0.1, -0.05) is 265 Å². The van der Waals surface area contributed by atoms with E-state index in [-0.39, 0.29) is 5.97 Å². The number of esters is 1. The van der Waals surface area contributed by atoms with Crippen molar-refractivity contribution in [3.63, 3.8) is 0 Å². The fourth-order valence-corrected chi connectivity index (χ4v) is 7.78. The molecule has 0 aromatic heterocycles. The minimum absolute atomic E-state index is 0.0636. The van der Waals surface area contributed by atoms with Gasteiger partial charge < -0.3 is 4.74 Å². The van der Waals surface area contributed by atoms with Crippen LogP contribution in [0.1, 0.15) is 290 Å². The molecule has 300 valence electrons. The van der Waals surface area contributed by atoms with Crippen molar-refractivity contribution < 1.29 is 9.53 Å². The highest BCUT2D eigenvalue weighted by atomic mass is 16.5. The van der Waals surface area contributed by atoms with Crippen molar-refractivity contribution in [2.45, 2.75) is 290 Å². The summed E-state index contributed by atoms with van der Waals surface area (Å²) in [6.07, 6.45) is 57.3. The Morgan fingerprint density at radius 2 is 0.540 bits per heavy atom. The molecule has 0 unspecified atom stereocenters. The Balaban J connectivity index is 4.04. The van der Waals surface area contributed by atoms with Crippen LogP contribution in [0.5, 0.6) is 0 Å². The van der Waals surface area contributed by atoms with E-state index >= 15 is 0 Å². The van der Waals surface area contributed by atoms with Crippen LogP contribution < -0.4 is 0 Å². The highest BCUT2D eigenvalue weighted by Crippen LogP contribution is 2.21. The van der Waals surface area contributed by atoms with Gasteiger partial charge >= 0.3 is 5.97 Å². The molecule has 0 radical (unpaired) electrons. The van der Waals surface area contributed by atoms with Crippen molar-refractivity contribution in [2.75, 3.05) is 6.61 Å². The van der Waals surface area contributed by atoms with Crippen LogP contribution >= 0.6 is 0 Å². The van der Waals surface area contributed by atoms with Crippen molar-refractivity contribution in [2.24, 2.45) is 5.92 Å². The first-order valence-electron chi connectivity index (χ1n) is 23.9. The molecule has 0 saturated carbocycles. The largest absolute Gasteiger partial charge is 0.465 e. The average Bonchev–Trinajstić information content (AvgIpc) is 3.12. The monoisotopic (exact) mass is 705 g/mol. The smallest absolute Gasteiger partial charge is 0.305 e. The molecule has 0 aromatic rings. The van der Waals surface area contributed by atoms with Gasteiger partial charge in [-0.15, -0.1) is 0 Å². The molecule has 0 fully saturated rings. The lowest BCUT2D eigenvalue weighted by molar-refractivity contribution is -0.145. The van der Waals surface area contributed by atoms with Gasteiger partial charge in [0.25, 0.3) is 0 Å². The molecule has 0 aliphatic heterocycles. The lowest BCUT2D eigenvalue weighted by Gasteiger charge is -2.17. The van der Waals surface area contributed by atoms with E-state index in [9.17, 15) is 4.79 Å². The number of rotatable bonds is 44. The van der Waals surface area contributed by atoms with Crippen LogP contribution in [0.15, 0.2) is 0 Å². The molecule has 0 bridgehead atoms. The number of hydrogen-bond donors (Lipinski definition) is 0. The quantitative estimate of drug-likeness (QED) is 0.0466.